The highest BCUT2D eigenvalue weighted by Gasteiger charge is 2.13. The molecule has 3 rings (SSSR count). The highest BCUT2D eigenvalue weighted by atomic mass is 15.3. The number of aromatic nitrogens is 2. The van der Waals surface area contributed by atoms with Crippen LogP contribution in [0.2, 0.25) is 0 Å². The van der Waals surface area contributed by atoms with Gasteiger partial charge in [0.1, 0.15) is 0 Å². The minimum absolute atomic E-state index is 0.653. The van der Waals surface area contributed by atoms with E-state index in [1.807, 2.05) is 11.7 Å². The maximum Gasteiger partial charge on any atom is 0.0681 e. The van der Waals surface area contributed by atoms with E-state index in [9.17, 15) is 0 Å². The van der Waals surface area contributed by atoms with Crippen molar-refractivity contribution in [2.45, 2.75) is 25.7 Å². The van der Waals surface area contributed by atoms with E-state index >= 15 is 0 Å². The Balaban J connectivity index is 1.99. The van der Waals surface area contributed by atoms with Crippen LogP contribution in [-0.4, -0.2) is 16.3 Å². The standard InChI is InChI=1S/C15H19N3/c1-18-15(10-14(17-18)7-8-16)13-6-5-11-3-2-4-12(11)9-13/h5-6,9-10H,2-4,7-8,16H2,1H3. The molecule has 18 heavy (non-hydrogen) atoms. The minimum Gasteiger partial charge on any atom is -0.330 e. The highest BCUT2D eigenvalue weighted by Crippen LogP contribution is 2.28. The lowest BCUT2D eigenvalue weighted by molar-refractivity contribution is 0.745. The Hall–Kier alpha value is -1.61. The number of nitrogens with two attached hydrogens (primary N) is 1. The Morgan fingerprint density at radius 3 is 2.89 bits per heavy atom. The molecule has 1 aromatic carbocycles. The monoisotopic (exact) mass is 241 g/mol. The summed E-state index contributed by atoms with van der Waals surface area (Å²) in [5.41, 5.74) is 12.1. The molecule has 1 aromatic heterocycles. The summed E-state index contributed by atoms with van der Waals surface area (Å²) in [5.74, 6) is 0. The van der Waals surface area contributed by atoms with E-state index in [0.29, 0.717) is 6.54 Å². The van der Waals surface area contributed by atoms with Crippen LogP contribution in [0, 0.1) is 0 Å². The van der Waals surface area contributed by atoms with Crippen LogP contribution >= 0.6 is 0 Å². The third-order valence-electron chi connectivity index (χ3n) is 3.73. The number of nitrogens with zero attached hydrogens (tertiary/aromatic N) is 2. The van der Waals surface area contributed by atoms with Crippen molar-refractivity contribution in [1.29, 1.82) is 0 Å². The Morgan fingerprint density at radius 2 is 2.06 bits per heavy atom. The number of aryl methyl sites for hydroxylation is 3. The van der Waals surface area contributed by atoms with Gasteiger partial charge in [-0.3, -0.25) is 4.68 Å². The van der Waals surface area contributed by atoms with Gasteiger partial charge in [0.15, 0.2) is 0 Å². The zero-order chi connectivity index (χ0) is 12.5. The zero-order valence-electron chi connectivity index (χ0n) is 10.8. The van der Waals surface area contributed by atoms with E-state index in [1.165, 1.54) is 41.6 Å². The van der Waals surface area contributed by atoms with Crippen LogP contribution in [0.25, 0.3) is 11.3 Å². The molecular formula is C15H19N3. The average Bonchev–Trinajstić information content (AvgIpc) is 2.95. The lowest BCUT2D eigenvalue weighted by atomic mass is 10.0. The Morgan fingerprint density at radius 1 is 1.22 bits per heavy atom. The molecule has 0 spiro atoms. The first-order chi connectivity index (χ1) is 8.78. The number of hydrogen-bond acceptors (Lipinski definition) is 2. The average molecular weight is 241 g/mol. The van der Waals surface area contributed by atoms with Crippen molar-refractivity contribution in [3.63, 3.8) is 0 Å². The lowest BCUT2D eigenvalue weighted by Gasteiger charge is -2.05. The number of hydrogen-bond donors (Lipinski definition) is 1. The second-order valence-corrected chi connectivity index (χ2v) is 5.02. The molecule has 1 aliphatic rings. The second kappa shape index (κ2) is 4.58. The molecule has 0 unspecified atom stereocenters. The SMILES string of the molecule is Cn1nc(CCN)cc1-c1ccc2c(c1)CCC2. The van der Waals surface area contributed by atoms with Gasteiger partial charge in [-0.25, -0.2) is 0 Å². The minimum atomic E-state index is 0.653. The van der Waals surface area contributed by atoms with Crippen LogP contribution in [0.4, 0.5) is 0 Å². The summed E-state index contributed by atoms with van der Waals surface area (Å²) in [6.45, 7) is 0.653. The zero-order valence-corrected chi connectivity index (χ0v) is 10.8. The fourth-order valence-corrected chi connectivity index (χ4v) is 2.80. The summed E-state index contributed by atoms with van der Waals surface area (Å²) in [6, 6.07) is 8.97. The summed E-state index contributed by atoms with van der Waals surface area (Å²) in [5, 5.41) is 4.51. The molecule has 2 N–H and O–H groups in total. The normalized spacial score (nSPS) is 13.9. The van der Waals surface area contributed by atoms with Crippen LogP contribution < -0.4 is 5.73 Å². The fraction of sp³-hybridized carbons (Fsp3) is 0.400. The third kappa shape index (κ3) is 1.95. The van der Waals surface area contributed by atoms with E-state index in [0.717, 1.165) is 12.1 Å². The second-order valence-electron chi connectivity index (χ2n) is 5.02. The third-order valence-corrected chi connectivity index (χ3v) is 3.73. The van der Waals surface area contributed by atoms with Crippen LogP contribution in [0.1, 0.15) is 23.2 Å². The number of benzene rings is 1. The van der Waals surface area contributed by atoms with Gasteiger partial charge in [0.05, 0.1) is 11.4 Å². The van der Waals surface area contributed by atoms with Gasteiger partial charge in [0.2, 0.25) is 0 Å². The summed E-state index contributed by atoms with van der Waals surface area (Å²) in [7, 11) is 2.00. The number of rotatable bonds is 3. The van der Waals surface area contributed by atoms with Gasteiger partial charge in [-0.05, 0) is 49.1 Å². The van der Waals surface area contributed by atoms with Gasteiger partial charge in [0.25, 0.3) is 0 Å². The molecule has 0 aliphatic heterocycles. The summed E-state index contributed by atoms with van der Waals surface area (Å²) >= 11 is 0. The summed E-state index contributed by atoms with van der Waals surface area (Å²) < 4.78 is 1.96. The number of fused-ring (bicyclic) bond motifs is 1. The lowest BCUT2D eigenvalue weighted by Crippen LogP contribution is -2.03. The van der Waals surface area contributed by atoms with E-state index in [2.05, 4.69) is 29.4 Å². The molecule has 2 aromatic rings. The maximum absolute atomic E-state index is 5.58. The predicted molar refractivity (Wildman–Crippen MR) is 73.4 cm³/mol. The van der Waals surface area contributed by atoms with Crippen LogP contribution in [0.5, 0.6) is 0 Å². The first kappa shape index (κ1) is 11.5. The van der Waals surface area contributed by atoms with Gasteiger partial charge >= 0.3 is 0 Å². The van der Waals surface area contributed by atoms with E-state index in [1.54, 1.807) is 0 Å². The molecule has 94 valence electrons. The van der Waals surface area contributed by atoms with Crippen molar-refractivity contribution < 1.29 is 0 Å². The molecule has 1 heterocycles. The van der Waals surface area contributed by atoms with Gasteiger partial charge in [-0.2, -0.15) is 5.10 Å². The van der Waals surface area contributed by atoms with Crippen LogP contribution in [0.3, 0.4) is 0 Å². The molecule has 0 saturated carbocycles. The van der Waals surface area contributed by atoms with E-state index < -0.39 is 0 Å². The molecule has 0 amide bonds. The Kier molecular flexibility index (Phi) is 2.92. The van der Waals surface area contributed by atoms with Crippen LogP contribution in [0.15, 0.2) is 24.3 Å². The molecule has 0 atom stereocenters. The predicted octanol–water partition coefficient (Wildman–Crippen LogP) is 2.08. The highest BCUT2D eigenvalue weighted by molar-refractivity contribution is 5.62. The molecule has 1 aliphatic carbocycles. The molecule has 0 fully saturated rings. The van der Waals surface area contributed by atoms with Gasteiger partial charge in [-0.1, -0.05) is 12.1 Å². The van der Waals surface area contributed by atoms with Crippen molar-refractivity contribution in [2.24, 2.45) is 12.8 Å². The molecular weight excluding hydrogens is 222 g/mol. The van der Waals surface area contributed by atoms with E-state index in [-0.39, 0.29) is 0 Å². The summed E-state index contributed by atoms with van der Waals surface area (Å²) in [6.07, 6.45) is 4.59. The molecule has 3 nitrogen and oxygen atoms in total. The Labute approximate surface area is 108 Å². The molecule has 0 saturated heterocycles. The maximum atomic E-state index is 5.58. The topological polar surface area (TPSA) is 43.8 Å². The summed E-state index contributed by atoms with van der Waals surface area (Å²) in [4.78, 5) is 0. The smallest absolute Gasteiger partial charge is 0.0681 e. The fourth-order valence-electron chi connectivity index (χ4n) is 2.80. The van der Waals surface area contributed by atoms with Crippen molar-refractivity contribution in [1.82, 2.24) is 9.78 Å². The van der Waals surface area contributed by atoms with Crippen molar-refractivity contribution >= 4 is 0 Å². The van der Waals surface area contributed by atoms with Gasteiger partial charge in [-0.15, -0.1) is 0 Å². The molecule has 3 heteroatoms. The van der Waals surface area contributed by atoms with Crippen molar-refractivity contribution in [3.8, 4) is 11.3 Å². The molecule has 0 radical (unpaired) electrons. The van der Waals surface area contributed by atoms with Crippen molar-refractivity contribution in [2.75, 3.05) is 6.54 Å². The van der Waals surface area contributed by atoms with Gasteiger partial charge < -0.3 is 5.73 Å². The van der Waals surface area contributed by atoms with Gasteiger partial charge in [0, 0.05) is 19.0 Å². The van der Waals surface area contributed by atoms with Crippen molar-refractivity contribution in [3.05, 3.63) is 41.1 Å². The Bertz CT molecular complexity index is 569. The van der Waals surface area contributed by atoms with Crippen LogP contribution in [-0.2, 0) is 26.3 Å². The quantitative estimate of drug-likeness (QED) is 0.894. The first-order valence-corrected chi connectivity index (χ1v) is 6.63. The molecule has 0 bridgehead atoms. The largest absolute Gasteiger partial charge is 0.330 e. The first-order valence-electron chi connectivity index (χ1n) is 6.63. The van der Waals surface area contributed by atoms with E-state index in [4.69, 9.17) is 5.73 Å².